The quantitative estimate of drug-likeness (QED) is 0.0958. The van der Waals surface area contributed by atoms with Gasteiger partial charge in [-0.2, -0.15) is 4.98 Å². The number of nitrogen functional groups attached to an aromatic ring is 2. The summed E-state index contributed by atoms with van der Waals surface area (Å²) in [6, 6.07) is 0. The summed E-state index contributed by atoms with van der Waals surface area (Å²) in [6.07, 6.45) is -6.89. The Morgan fingerprint density at radius 3 is 2.52 bits per heavy atom. The molecule has 25 heteroatoms. The molecule has 0 radical (unpaired) electrons. The predicted octanol–water partition coefficient (Wildman–Crippen LogP) is 0.829. The fourth-order valence-corrected chi connectivity index (χ4v) is 7.06. The molecule has 19 nitrogen and oxygen atoms in total. The van der Waals surface area contributed by atoms with Gasteiger partial charge in [0.2, 0.25) is 5.95 Å². The highest BCUT2D eigenvalue weighted by molar-refractivity contribution is 8.44. The van der Waals surface area contributed by atoms with Gasteiger partial charge in [-0.15, -0.1) is 0 Å². The van der Waals surface area contributed by atoms with Gasteiger partial charge in [0.1, 0.15) is 30.2 Å². The van der Waals surface area contributed by atoms with Crippen molar-refractivity contribution in [1.29, 1.82) is 0 Å². The molecular formula is C21H27BF2N10O9P2S. The Balaban J connectivity index is 1.16. The van der Waals surface area contributed by atoms with Crippen molar-refractivity contribution in [2.45, 2.75) is 49.5 Å². The molecule has 0 aromatic carbocycles. The summed E-state index contributed by atoms with van der Waals surface area (Å²) in [7, 11) is -1.19. The molecule has 2 aliphatic rings. The van der Waals surface area contributed by atoms with E-state index in [2.05, 4.69) is 42.2 Å². The van der Waals surface area contributed by atoms with E-state index in [1.54, 1.807) is 0 Å². The highest BCUT2D eigenvalue weighted by Gasteiger charge is 2.51. The lowest BCUT2D eigenvalue weighted by Crippen LogP contribution is -2.33. The maximum atomic E-state index is 16.0. The highest BCUT2D eigenvalue weighted by atomic mass is 32.7. The number of alkyl halides is 2. The third-order valence-corrected chi connectivity index (χ3v) is 10.2. The monoisotopic (exact) mass is 706 g/mol. The Morgan fingerprint density at radius 1 is 1.07 bits per heavy atom. The SMILES string of the molecule is BP(=O)(OC)OC[C@H]1O[C@@H](n2cnc3c(N)ncnc32)[C@H](F)[C@@H]1OP(=O)(S)OC[C@@H]1C[C@@H](F)[C@H](n2cnc3c(=O)[nH]c(N)nc32)O1. The molecule has 5 N–H and O–H groups in total. The zero-order chi connectivity index (χ0) is 33.0. The van der Waals surface area contributed by atoms with Crippen molar-refractivity contribution in [2.24, 2.45) is 0 Å². The summed E-state index contributed by atoms with van der Waals surface area (Å²) in [5.41, 5.74) is 11.1. The Labute approximate surface area is 263 Å². The van der Waals surface area contributed by atoms with E-state index in [9.17, 15) is 13.9 Å². The molecule has 0 spiro atoms. The molecule has 0 aliphatic carbocycles. The average molecular weight is 706 g/mol. The van der Waals surface area contributed by atoms with E-state index >= 15 is 8.78 Å². The Kier molecular flexibility index (Phi) is 8.98. The van der Waals surface area contributed by atoms with E-state index in [0.29, 0.717) is 0 Å². The van der Waals surface area contributed by atoms with Crippen LogP contribution in [0.4, 0.5) is 20.5 Å². The van der Waals surface area contributed by atoms with E-state index in [1.165, 1.54) is 36.5 Å². The largest absolute Gasteiger partial charge is 0.386 e. The topological polar surface area (TPSA) is 249 Å². The molecule has 6 heterocycles. The smallest absolute Gasteiger partial charge is 0.382 e. The molecule has 248 valence electrons. The number of nitrogens with zero attached hydrogens (tertiary/aromatic N) is 7. The summed E-state index contributed by atoms with van der Waals surface area (Å²) in [4.78, 5) is 34.4. The summed E-state index contributed by atoms with van der Waals surface area (Å²) in [5.74, 6) is -0.149. The predicted molar refractivity (Wildman–Crippen MR) is 161 cm³/mol. The lowest BCUT2D eigenvalue weighted by molar-refractivity contribution is -0.0436. The first-order valence-electron chi connectivity index (χ1n) is 13.4. The van der Waals surface area contributed by atoms with Crippen LogP contribution in [0.3, 0.4) is 0 Å². The van der Waals surface area contributed by atoms with Gasteiger partial charge in [-0.1, -0.05) is 12.2 Å². The van der Waals surface area contributed by atoms with Crippen molar-refractivity contribution in [2.75, 3.05) is 31.8 Å². The molecule has 2 saturated heterocycles. The number of hydrogen-bond donors (Lipinski definition) is 4. The van der Waals surface area contributed by atoms with E-state index in [0.717, 1.165) is 6.33 Å². The van der Waals surface area contributed by atoms with Gasteiger partial charge in [-0.3, -0.25) is 32.5 Å². The fourth-order valence-electron chi connectivity index (χ4n) is 5.04. The number of thiol groups is 1. The molecule has 2 fully saturated rings. The van der Waals surface area contributed by atoms with Gasteiger partial charge in [-0.05, 0) is 0 Å². The Hall–Kier alpha value is -3.01. The van der Waals surface area contributed by atoms with Gasteiger partial charge in [0.25, 0.3) is 20.6 Å². The lowest BCUT2D eigenvalue weighted by Gasteiger charge is -2.24. The van der Waals surface area contributed by atoms with Crippen LogP contribution >= 0.6 is 26.5 Å². The van der Waals surface area contributed by atoms with Gasteiger partial charge >= 0.3 is 6.80 Å². The molecule has 4 aromatic heterocycles. The van der Waals surface area contributed by atoms with Crippen LogP contribution in [-0.2, 0) is 36.7 Å². The average Bonchev–Trinajstić information content (AvgIpc) is 3.77. The number of halogens is 2. The number of rotatable bonds is 11. The molecule has 2 unspecified atom stereocenters. The second kappa shape index (κ2) is 12.5. The number of H-pyrrole nitrogens is 1. The molecule has 46 heavy (non-hydrogen) atoms. The molecule has 0 bridgehead atoms. The maximum Gasteiger partial charge on any atom is 0.386 e. The van der Waals surface area contributed by atoms with Crippen molar-refractivity contribution < 1.29 is 45.5 Å². The van der Waals surface area contributed by atoms with Crippen molar-refractivity contribution in [3.8, 4) is 0 Å². The van der Waals surface area contributed by atoms with Crippen LogP contribution in [-0.4, -0.2) is 97.6 Å². The van der Waals surface area contributed by atoms with Gasteiger partial charge in [0.05, 0.1) is 32.0 Å². The van der Waals surface area contributed by atoms with Gasteiger partial charge in [-0.25, -0.2) is 33.3 Å². The third-order valence-electron chi connectivity index (χ3n) is 7.27. The second-order valence-corrected chi connectivity index (χ2v) is 15.4. The van der Waals surface area contributed by atoms with E-state index < -0.39 is 76.2 Å². The first kappa shape index (κ1) is 32.9. The van der Waals surface area contributed by atoms with Crippen LogP contribution in [0.25, 0.3) is 22.3 Å². The number of nitrogens with two attached hydrogens (primary N) is 2. The molecule has 9 atom stereocenters. The normalized spacial score (nSPS) is 29.3. The minimum atomic E-state index is -4.40. The third kappa shape index (κ3) is 6.43. The van der Waals surface area contributed by atoms with Crippen LogP contribution in [0, 0.1) is 0 Å². The zero-order valence-electron chi connectivity index (χ0n) is 24.0. The number of imidazole rings is 2. The summed E-state index contributed by atoms with van der Waals surface area (Å²) < 4.78 is 91.9. The first-order chi connectivity index (χ1) is 21.8. The number of aromatic nitrogens is 8. The number of hydrogen-bond acceptors (Lipinski definition) is 16. The molecule has 0 saturated carbocycles. The zero-order valence-corrected chi connectivity index (χ0v) is 26.6. The van der Waals surface area contributed by atoms with Crippen molar-refractivity contribution in [3.05, 3.63) is 29.3 Å². The second-order valence-electron chi connectivity index (χ2n) is 10.4. The minimum absolute atomic E-state index is 0.00150. The van der Waals surface area contributed by atoms with Crippen LogP contribution in [0.2, 0.25) is 0 Å². The number of ether oxygens (including phenoxy) is 2. The van der Waals surface area contributed by atoms with E-state index in [1.807, 2.05) is 0 Å². The van der Waals surface area contributed by atoms with Crippen LogP contribution < -0.4 is 17.0 Å². The van der Waals surface area contributed by atoms with Crippen molar-refractivity contribution in [1.82, 2.24) is 39.0 Å². The number of anilines is 2. The van der Waals surface area contributed by atoms with Crippen molar-refractivity contribution in [3.63, 3.8) is 0 Å². The molecule has 6 rings (SSSR count). The standard InChI is InChI=1S/C21H27BF2N10O9P2S/c1-38-44(22,36)39-4-10-14(11(24)20(42-10)33-6-29-12-15(25)27-5-28-16(12)33)43-45(37,46)40-3-8-2-9(23)19(41-8)34-7-30-13-17(34)31-21(26)32-18(13)35/h5-11,14,19-20H,2-4,22H2,1H3,(H,37,46)(H2,25,27,28)(H3,26,31,32,35)/t8-,9+,10+,11+,14+,19+,20+,44?,45?/m0/s1. The molecule has 2 aliphatic heterocycles. The lowest BCUT2D eigenvalue weighted by atomic mass is 10.1. The van der Waals surface area contributed by atoms with Gasteiger partial charge in [0.15, 0.2) is 41.3 Å². The number of nitrogens with one attached hydrogen (secondary N) is 1. The highest BCUT2D eigenvalue weighted by Crippen LogP contribution is 2.57. The van der Waals surface area contributed by atoms with E-state index in [-0.39, 0.29) is 40.5 Å². The Bertz CT molecular complexity index is 1920. The van der Waals surface area contributed by atoms with Gasteiger partial charge < -0.3 is 30.0 Å². The summed E-state index contributed by atoms with van der Waals surface area (Å²) in [6.45, 7) is -5.38. The summed E-state index contributed by atoms with van der Waals surface area (Å²) in [5, 5.41) is 0. The van der Waals surface area contributed by atoms with Crippen LogP contribution in [0.15, 0.2) is 23.8 Å². The molecule has 4 aromatic rings. The minimum Gasteiger partial charge on any atom is -0.382 e. The number of fused-ring (bicyclic) bond motifs is 2. The van der Waals surface area contributed by atoms with Crippen LogP contribution in [0.1, 0.15) is 18.9 Å². The Morgan fingerprint density at radius 2 is 1.78 bits per heavy atom. The van der Waals surface area contributed by atoms with E-state index in [4.69, 9.17) is 39.0 Å². The van der Waals surface area contributed by atoms with Crippen molar-refractivity contribution >= 4 is 68.2 Å². The van der Waals surface area contributed by atoms with Gasteiger partial charge in [0, 0.05) is 13.5 Å². The first-order valence-corrected chi connectivity index (χ1v) is 18.1. The summed E-state index contributed by atoms with van der Waals surface area (Å²) >= 11 is 4.00. The molecule has 0 amide bonds. The fraction of sp³-hybridized carbons (Fsp3) is 0.524. The molecular weight excluding hydrogens is 679 g/mol. The number of aromatic amines is 1. The van der Waals surface area contributed by atoms with Crippen LogP contribution in [0.5, 0.6) is 0 Å². The maximum absolute atomic E-state index is 16.0.